The van der Waals surface area contributed by atoms with E-state index in [0.717, 1.165) is 10.6 Å². The predicted octanol–water partition coefficient (Wildman–Crippen LogP) is 3.77. The van der Waals surface area contributed by atoms with E-state index < -0.39 is 0 Å². The average Bonchev–Trinajstić information content (AvgIpc) is 3.24. The first kappa shape index (κ1) is 16.5. The zero-order valence-corrected chi connectivity index (χ0v) is 15.1. The molecular formula is C17H12ClN5O2S. The second kappa shape index (κ2) is 6.74. The Morgan fingerprint density at radius 1 is 1.27 bits per heavy atom. The van der Waals surface area contributed by atoms with E-state index in [9.17, 15) is 4.79 Å². The minimum absolute atomic E-state index is 0.316. The first-order valence-corrected chi connectivity index (χ1v) is 8.76. The van der Waals surface area contributed by atoms with Gasteiger partial charge in [0, 0.05) is 5.56 Å². The van der Waals surface area contributed by atoms with Gasteiger partial charge in [0.15, 0.2) is 0 Å². The van der Waals surface area contributed by atoms with Crippen LogP contribution in [0.3, 0.4) is 0 Å². The molecule has 0 bridgehead atoms. The van der Waals surface area contributed by atoms with Crippen molar-refractivity contribution in [2.75, 3.05) is 12.4 Å². The summed E-state index contributed by atoms with van der Waals surface area (Å²) >= 11 is 7.50. The smallest absolute Gasteiger partial charge is 0.257 e. The third-order valence-electron chi connectivity index (χ3n) is 3.70. The molecule has 26 heavy (non-hydrogen) atoms. The first-order valence-electron chi connectivity index (χ1n) is 7.57. The number of carbonyl (C=O) groups excluding carboxylic acids is 1. The van der Waals surface area contributed by atoms with E-state index in [1.165, 1.54) is 11.3 Å². The monoisotopic (exact) mass is 385 g/mol. The quantitative estimate of drug-likeness (QED) is 0.578. The molecule has 0 spiro atoms. The van der Waals surface area contributed by atoms with Crippen LogP contribution in [0.15, 0.2) is 48.8 Å². The zero-order chi connectivity index (χ0) is 18.1. The van der Waals surface area contributed by atoms with Crippen molar-refractivity contribution in [2.24, 2.45) is 0 Å². The number of rotatable bonds is 4. The number of anilines is 1. The van der Waals surface area contributed by atoms with Crippen molar-refractivity contribution in [3.05, 3.63) is 59.4 Å². The van der Waals surface area contributed by atoms with Crippen LogP contribution in [0.2, 0.25) is 5.02 Å². The van der Waals surface area contributed by atoms with Crippen LogP contribution in [0.25, 0.3) is 15.5 Å². The predicted molar refractivity (Wildman–Crippen MR) is 100 cm³/mol. The maximum absolute atomic E-state index is 12.6. The van der Waals surface area contributed by atoms with E-state index in [1.54, 1.807) is 54.4 Å². The lowest BCUT2D eigenvalue weighted by atomic mass is 10.1. The molecule has 0 aliphatic rings. The van der Waals surface area contributed by atoms with Gasteiger partial charge >= 0.3 is 0 Å². The number of hydrogen-bond acceptors (Lipinski definition) is 6. The molecule has 0 unspecified atom stereocenters. The summed E-state index contributed by atoms with van der Waals surface area (Å²) in [6, 6.07) is 12.3. The standard InChI is InChI=1S/C17H12ClN5O2S/c1-25-14-7-6-10(16-22-23-9-19-21-17(23)26-16)8-13(14)20-15(24)11-4-2-3-5-12(11)18/h2-9H,1H3,(H,20,24). The number of halogens is 1. The minimum atomic E-state index is -0.316. The Morgan fingerprint density at radius 2 is 2.12 bits per heavy atom. The van der Waals surface area contributed by atoms with Gasteiger partial charge in [0.1, 0.15) is 17.1 Å². The third-order valence-corrected chi connectivity index (χ3v) is 4.99. The van der Waals surface area contributed by atoms with Crippen molar-refractivity contribution in [3.8, 4) is 16.3 Å². The Hall–Kier alpha value is -2.97. The Bertz CT molecular complexity index is 1080. The molecule has 4 aromatic rings. The fraction of sp³-hybridized carbons (Fsp3) is 0.0588. The lowest BCUT2D eigenvalue weighted by molar-refractivity contribution is 0.102. The van der Waals surface area contributed by atoms with Crippen LogP contribution in [0.1, 0.15) is 10.4 Å². The van der Waals surface area contributed by atoms with Gasteiger partial charge < -0.3 is 10.1 Å². The Morgan fingerprint density at radius 3 is 2.88 bits per heavy atom. The van der Waals surface area contributed by atoms with Gasteiger partial charge in [0.05, 0.1) is 23.4 Å². The van der Waals surface area contributed by atoms with Crippen LogP contribution >= 0.6 is 22.9 Å². The normalized spacial score (nSPS) is 10.8. The van der Waals surface area contributed by atoms with E-state index in [0.29, 0.717) is 27.0 Å². The molecular weight excluding hydrogens is 374 g/mol. The Kier molecular flexibility index (Phi) is 4.27. The van der Waals surface area contributed by atoms with Gasteiger partial charge in [-0.15, -0.1) is 10.2 Å². The topological polar surface area (TPSA) is 81.4 Å². The summed E-state index contributed by atoms with van der Waals surface area (Å²) in [5, 5.41) is 16.2. The number of fused-ring (bicyclic) bond motifs is 1. The van der Waals surface area contributed by atoms with Crippen molar-refractivity contribution in [1.82, 2.24) is 19.8 Å². The maximum Gasteiger partial charge on any atom is 0.257 e. The van der Waals surface area contributed by atoms with E-state index in [1.807, 2.05) is 6.07 Å². The van der Waals surface area contributed by atoms with Crippen LogP contribution < -0.4 is 10.1 Å². The zero-order valence-electron chi connectivity index (χ0n) is 13.5. The Balaban J connectivity index is 1.69. The summed E-state index contributed by atoms with van der Waals surface area (Å²) in [5.74, 6) is 0.223. The molecule has 0 saturated heterocycles. The highest BCUT2D eigenvalue weighted by Crippen LogP contribution is 2.33. The maximum atomic E-state index is 12.6. The number of carbonyl (C=O) groups is 1. The lowest BCUT2D eigenvalue weighted by Gasteiger charge is -2.12. The van der Waals surface area contributed by atoms with Crippen LogP contribution in [0.5, 0.6) is 5.75 Å². The minimum Gasteiger partial charge on any atom is -0.495 e. The molecule has 0 aliphatic heterocycles. The molecule has 130 valence electrons. The van der Waals surface area contributed by atoms with Gasteiger partial charge in [-0.05, 0) is 30.3 Å². The number of nitrogens with one attached hydrogen (secondary N) is 1. The van der Waals surface area contributed by atoms with Crippen LogP contribution in [0.4, 0.5) is 5.69 Å². The summed E-state index contributed by atoms with van der Waals surface area (Å²) < 4.78 is 6.96. The highest BCUT2D eigenvalue weighted by atomic mass is 35.5. The van der Waals surface area contributed by atoms with Crippen molar-refractivity contribution < 1.29 is 9.53 Å². The third kappa shape index (κ3) is 3.00. The van der Waals surface area contributed by atoms with E-state index in [2.05, 4.69) is 20.6 Å². The number of ether oxygens (including phenoxy) is 1. The molecule has 0 saturated carbocycles. The van der Waals surface area contributed by atoms with Crippen molar-refractivity contribution in [1.29, 1.82) is 0 Å². The summed E-state index contributed by atoms with van der Waals surface area (Å²) in [7, 11) is 1.54. The number of aromatic nitrogens is 4. The molecule has 1 amide bonds. The van der Waals surface area contributed by atoms with Crippen molar-refractivity contribution in [2.45, 2.75) is 0 Å². The fourth-order valence-corrected chi connectivity index (χ4v) is 3.49. The second-order valence-corrected chi connectivity index (χ2v) is 6.68. The van der Waals surface area contributed by atoms with Gasteiger partial charge in [-0.25, -0.2) is 0 Å². The number of benzene rings is 2. The van der Waals surface area contributed by atoms with Crippen LogP contribution in [-0.2, 0) is 0 Å². The molecule has 2 heterocycles. The van der Waals surface area contributed by atoms with E-state index >= 15 is 0 Å². The van der Waals surface area contributed by atoms with Gasteiger partial charge in [0.2, 0.25) is 4.96 Å². The second-order valence-electron chi connectivity index (χ2n) is 5.31. The highest BCUT2D eigenvalue weighted by Gasteiger charge is 2.15. The SMILES string of the molecule is COc1ccc(-c2nn3cnnc3s2)cc1NC(=O)c1ccccc1Cl. The molecule has 0 radical (unpaired) electrons. The molecule has 2 aromatic carbocycles. The van der Waals surface area contributed by atoms with Crippen LogP contribution in [0, 0.1) is 0 Å². The van der Waals surface area contributed by atoms with Gasteiger partial charge in [-0.1, -0.05) is 35.1 Å². The van der Waals surface area contributed by atoms with Crippen molar-refractivity contribution in [3.63, 3.8) is 0 Å². The number of amides is 1. The molecule has 4 rings (SSSR count). The summed E-state index contributed by atoms with van der Waals surface area (Å²) in [5.41, 5.74) is 1.75. The Labute approximate surface area is 157 Å². The molecule has 7 nitrogen and oxygen atoms in total. The summed E-state index contributed by atoms with van der Waals surface area (Å²) in [6.45, 7) is 0. The van der Waals surface area contributed by atoms with Crippen molar-refractivity contribution >= 4 is 39.5 Å². The summed E-state index contributed by atoms with van der Waals surface area (Å²) in [4.78, 5) is 13.3. The van der Waals surface area contributed by atoms with E-state index in [-0.39, 0.29) is 5.91 Å². The van der Waals surface area contributed by atoms with E-state index in [4.69, 9.17) is 16.3 Å². The number of hydrogen-bond donors (Lipinski definition) is 1. The molecule has 9 heteroatoms. The molecule has 0 fully saturated rings. The average molecular weight is 386 g/mol. The number of methoxy groups -OCH3 is 1. The van der Waals surface area contributed by atoms with Gasteiger partial charge in [-0.2, -0.15) is 9.61 Å². The highest BCUT2D eigenvalue weighted by molar-refractivity contribution is 7.19. The summed E-state index contributed by atoms with van der Waals surface area (Å²) in [6.07, 6.45) is 1.54. The lowest BCUT2D eigenvalue weighted by Crippen LogP contribution is -2.13. The molecule has 1 N–H and O–H groups in total. The van der Waals surface area contributed by atoms with Gasteiger partial charge in [-0.3, -0.25) is 4.79 Å². The van der Waals surface area contributed by atoms with Gasteiger partial charge in [0.25, 0.3) is 5.91 Å². The molecule has 2 aromatic heterocycles. The van der Waals surface area contributed by atoms with Crippen LogP contribution in [-0.4, -0.2) is 32.8 Å². The molecule has 0 aliphatic carbocycles. The fourth-order valence-electron chi connectivity index (χ4n) is 2.45. The molecule has 0 atom stereocenters. The first-order chi connectivity index (χ1) is 12.7. The number of nitrogens with zero attached hydrogens (tertiary/aromatic N) is 4. The largest absolute Gasteiger partial charge is 0.495 e.